The van der Waals surface area contributed by atoms with Gasteiger partial charge >= 0.3 is 0 Å². The molecule has 0 bridgehead atoms. The number of hydrogen-bond acceptors (Lipinski definition) is 5. The van der Waals surface area contributed by atoms with Crippen molar-refractivity contribution in [1.82, 2.24) is 10.6 Å². The lowest BCUT2D eigenvalue weighted by atomic mass is 9.95. The second-order valence-electron chi connectivity index (χ2n) is 9.33. The first-order chi connectivity index (χ1) is 17.5. The lowest BCUT2D eigenvalue weighted by Gasteiger charge is -2.23. The molecule has 9 heteroatoms. The van der Waals surface area contributed by atoms with E-state index in [9.17, 15) is 14.4 Å². The first-order valence-corrected chi connectivity index (χ1v) is 13.0. The van der Waals surface area contributed by atoms with E-state index in [2.05, 4.69) is 21.3 Å². The molecule has 36 heavy (non-hydrogen) atoms. The van der Waals surface area contributed by atoms with E-state index < -0.39 is 0 Å². The van der Waals surface area contributed by atoms with Crippen molar-refractivity contribution in [1.29, 1.82) is 0 Å². The van der Waals surface area contributed by atoms with Gasteiger partial charge in [0.1, 0.15) is 0 Å². The Kier molecular flexibility index (Phi) is 9.19. The Balaban J connectivity index is 1.28. The largest absolute Gasteiger partial charge is 0.376 e. The Labute approximate surface area is 216 Å². The Bertz CT molecular complexity index is 1080. The summed E-state index contributed by atoms with van der Waals surface area (Å²) in [6.07, 6.45) is 7.44. The standard InChI is InChI=1S/C27H33ClN4O4/c28-24-12-11-21(15-23(24)27(35)32-19-7-2-1-3-8-19)31-25(33)17-29-20-9-4-6-18(14-20)26(34)30-16-22-10-5-13-36-22/h4,6,9,11-12,14-15,19,22,29H,1-3,5,7-8,10,13,16-17H2,(H,30,34)(H,31,33)(H,32,35). The molecule has 3 amide bonds. The summed E-state index contributed by atoms with van der Waals surface area (Å²) in [4.78, 5) is 37.7. The van der Waals surface area contributed by atoms with Crippen molar-refractivity contribution in [3.63, 3.8) is 0 Å². The zero-order valence-corrected chi connectivity index (χ0v) is 21.0. The van der Waals surface area contributed by atoms with Gasteiger partial charge in [-0.15, -0.1) is 0 Å². The van der Waals surface area contributed by atoms with Crippen LogP contribution in [0.5, 0.6) is 0 Å². The van der Waals surface area contributed by atoms with E-state index in [1.807, 2.05) is 0 Å². The van der Waals surface area contributed by atoms with Gasteiger partial charge in [0.2, 0.25) is 5.91 Å². The molecular weight excluding hydrogens is 480 g/mol. The van der Waals surface area contributed by atoms with Crippen LogP contribution >= 0.6 is 11.6 Å². The van der Waals surface area contributed by atoms with Crippen molar-refractivity contribution < 1.29 is 19.1 Å². The van der Waals surface area contributed by atoms with Crippen LogP contribution in [-0.2, 0) is 9.53 Å². The van der Waals surface area contributed by atoms with Crippen molar-refractivity contribution in [3.8, 4) is 0 Å². The quantitative estimate of drug-likeness (QED) is 0.399. The van der Waals surface area contributed by atoms with E-state index in [0.29, 0.717) is 34.1 Å². The van der Waals surface area contributed by atoms with E-state index in [1.165, 1.54) is 6.42 Å². The van der Waals surface area contributed by atoms with Crippen LogP contribution in [0.1, 0.15) is 65.7 Å². The Hall–Kier alpha value is -3.10. The fourth-order valence-corrected chi connectivity index (χ4v) is 4.76. The first kappa shape index (κ1) is 26.0. The van der Waals surface area contributed by atoms with Crippen LogP contribution < -0.4 is 21.3 Å². The van der Waals surface area contributed by atoms with E-state index in [1.54, 1.807) is 42.5 Å². The molecule has 2 fully saturated rings. The fourth-order valence-electron chi connectivity index (χ4n) is 4.56. The summed E-state index contributed by atoms with van der Waals surface area (Å²) in [5.41, 5.74) is 1.99. The number of amides is 3. The van der Waals surface area contributed by atoms with Gasteiger partial charge in [-0.3, -0.25) is 14.4 Å². The van der Waals surface area contributed by atoms with Crippen LogP contribution in [0, 0.1) is 0 Å². The van der Waals surface area contributed by atoms with Crippen LogP contribution in [0.15, 0.2) is 42.5 Å². The molecule has 0 aromatic heterocycles. The van der Waals surface area contributed by atoms with Gasteiger partial charge in [-0.25, -0.2) is 0 Å². The molecule has 192 valence electrons. The maximum absolute atomic E-state index is 12.7. The highest BCUT2D eigenvalue weighted by molar-refractivity contribution is 6.34. The molecule has 4 N–H and O–H groups in total. The highest BCUT2D eigenvalue weighted by Crippen LogP contribution is 2.23. The van der Waals surface area contributed by atoms with E-state index in [-0.39, 0.29) is 36.4 Å². The number of carbonyl (C=O) groups excluding carboxylic acids is 3. The van der Waals surface area contributed by atoms with Crippen LogP contribution in [0.2, 0.25) is 5.02 Å². The van der Waals surface area contributed by atoms with E-state index in [4.69, 9.17) is 16.3 Å². The summed E-state index contributed by atoms with van der Waals surface area (Å²) in [6, 6.07) is 12.0. The van der Waals surface area contributed by atoms with E-state index in [0.717, 1.165) is 45.1 Å². The summed E-state index contributed by atoms with van der Waals surface area (Å²) < 4.78 is 5.54. The van der Waals surface area contributed by atoms with Gasteiger partial charge in [-0.1, -0.05) is 36.9 Å². The number of benzene rings is 2. The molecule has 1 atom stereocenters. The molecule has 1 aliphatic carbocycles. The monoisotopic (exact) mass is 512 g/mol. The molecule has 2 aliphatic rings. The Morgan fingerprint density at radius 1 is 0.917 bits per heavy atom. The van der Waals surface area contributed by atoms with Crippen molar-refractivity contribution in [3.05, 3.63) is 58.6 Å². The number of anilines is 2. The molecule has 1 saturated heterocycles. The van der Waals surface area contributed by atoms with Gasteiger partial charge in [0.15, 0.2) is 0 Å². The smallest absolute Gasteiger partial charge is 0.253 e. The lowest BCUT2D eigenvalue weighted by molar-refractivity contribution is -0.114. The summed E-state index contributed by atoms with van der Waals surface area (Å²) in [5, 5.41) is 12.1. The molecule has 2 aromatic rings. The van der Waals surface area contributed by atoms with Crippen molar-refractivity contribution >= 4 is 40.7 Å². The van der Waals surface area contributed by atoms with Gasteiger partial charge in [0, 0.05) is 36.1 Å². The van der Waals surface area contributed by atoms with Crippen molar-refractivity contribution in [2.45, 2.75) is 57.1 Å². The predicted octanol–water partition coefficient (Wildman–Crippen LogP) is 4.36. The van der Waals surface area contributed by atoms with Gasteiger partial charge in [-0.2, -0.15) is 0 Å². The molecular formula is C27H33ClN4O4. The van der Waals surface area contributed by atoms with E-state index >= 15 is 0 Å². The molecule has 8 nitrogen and oxygen atoms in total. The fraction of sp³-hybridized carbons (Fsp3) is 0.444. The minimum atomic E-state index is -0.288. The summed E-state index contributed by atoms with van der Waals surface area (Å²) >= 11 is 6.26. The third-order valence-corrected chi connectivity index (χ3v) is 6.86. The molecule has 2 aromatic carbocycles. The molecule has 1 aliphatic heterocycles. The number of halogens is 1. The SMILES string of the molecule is O=C(CNc1cccc(C(=O)NCC2CCCO2)c1)Nc1ccc(Cl)c(C(=O)NC2CCCCC2)c1. The van der Waals surface area contributed by atoms with Crippen LogP contribution in [0.4, 0.5) is 11.4 Å². The third-order valence-electron chi connectivity index (χ3n) is 6.53. The second-order valence-corrected chi connectivity index (χ2v) is 9.74. The maximum Gasteiger partial charge on any atom is 0.253 e. The number of hydrogen-bond donors (Lipinski definition) is 4. The third kappa shape index (κ3) is 7.45. The normalized spacial score (nSPS) is 17.9. The summed E-state index contributed by atoms with van der Waals surface area (Å²) in [7, 11) is 0. The highest BCUT2D eigenvalue weighted by Gasteiger charge is 2.19. The zero-order valence-electron chi connectivity index (χ0n) is 20.3. The molecule has 4 rings (SSSR count). The topological polar surface area (TPSA) is 109 Å². The van der Waals surface area contributed by atoms with Crippen molar-refractivity contribution in [2.75, 3.05) is 30.3 Å². The van der Waals surface area contributed by atoms with Gasteiger partial charge in [-0.05, 0) is 62.1 Å². The molecule has 0 radical (unpaired) electrons. The predicted molar refractivity (Wildman–Crippen MR) is 141 cm³/mol. The van der Waals surface area contributed by atoms with Gasteiger partial charge in [0.05, 0.1) is 23.2 Å². The lowest BCUT2D eigenvalue weighted by Crippen LogP contribution is -2.36. The highest BCUT2D eigenvalue weighted by atomic mass is 35.5. The van der Waals surface area contributed by atoms with Gasteiger partial charge < -0.3 is 26.0 Å². The zero-order chi connectivity index (χ0) is 25.3. The van der Waals surface area contributed by atoms with Crippen LogP contribution in [0.25, 0.3) is 0 Å². The summed E-state index contributed by atoms with van der Waals surface area (Å²) in [5.74, 6) is -0.696. The summed E-state index contributed by atoms with van der Waals surface area (Å²) in [6.45, 7) is 1.22. The van der Waals surface area contributed by atoms with Crippen LogP contribution in [0.3, 0.4) is 0 Å². The van der Waals surface area contributed by atoms with Gasteiger partial charge in [0.25, 0.3) is 11.8 Å². The minimum absolute atomic E-state index is 0.00673. The second kappa shape index (κ2) is 12.7. The van der Waals surface area contributed by atoms with Crippen LogP contribution in [-0.4, -0.2) is 49.6 Å². The Morgan fingerprint density at radius 3 is 2.53 bits per heavy atom. The average molecular weight is 513 g/mol. The maximum atomic E-state index is 12.7. The average Bonchev–Trinajstić information content (AvgIpc) is 3.42. The number of ether oxygens (including phenoxy) is 1. The molecule has 1 heterocycles. The first-order valence-electron chi connectivity index (χ1n) is 12.6. The minimum Gasteiger partial charge on any atom is -0.376 e. The molecule has 0 spiro atoms. The van der Waals surface area contributed by atoms with Crippen molar-refractivity contribution in [2.24, 2.45) is 0 Å². The number of carbonyl (C=O) groups is 3. The molecule has 1 saturated carbocycles. The number of rotatable bonds is 9. The Morgan fingerprint density at radius 2 is 1.75 bits per heavy atom. The molecule has 1 unspecified atom stereocenters. The number of nitrogens with one attached hydrogen (secondary N) is 4.